The van der Waals surface area contributed by atoms with Crippen LogP contribution in [0.25, 0.3) is 0 Å². The Morgan fingerprint density at radius 2 is 2.10 bits per heavy atom. The van der Waals surface area contributed by atoms with Gasteiger partial charge in [-0.1, -0.05) is 26.0 Å². The average molecular weight is 291 g/mol. The Labute approximate surface area is 126 Å². The molecule has 2 rings (SSSR count). The molecular formula is C17H25NO3. The van der Waals surface area contributed by atoms with E-state index < -0.39 is 5.97 Å². The summed E-state index contributed by atoms with van der Waals surface area (Å²) in [5, 5.41) is 9.02. The minimum absolute atomic E-state index is 0.364. The first kappa shape index (κ1) is 16.0. The molecule has 0 bridgehead atoms. The van der Waals surface area contributed by atoms with Crippen LogP contribution in [0.5, 0.6) is 0 Å². The van der Waals surface area contributed by atoms with Gasteiger partial charge in [0.25, 0.3) is 0 Å². The molecule has 0 aliphatic carbocycles. The molecule has 0 aromatic heterocycles. The first-order valence-corrected chi connectivity index (χ1v) is 7.71. The molecule has 21 heavy (non-hydrogen) atoms. The molecule has 4 nitrogen and oxygen atoms in total. The molecule has 0 amide bonds. The van der Waals surface area contributed by atoms with Crippen LogP contribution in [0.3, 0.4) is 0 Å². The van der Waals surface area contributed by atoms with Crippen molar-refractivity contribution >= 4 is 5.97 Å². The number of rotatable bonds is 6. The lowest BCUT2D eigenvalue weighted by Gasteiger charge is -2.32. The summed E-state index contributed by atoms with van der Waals surface area (Å²) in [6.07, 6.45) is 2.51. The van der Waals surface area contributed by atoms with Crippen LogP contribution in [-0.2, 0) is 11.3 Å². The standard InChI is InChI=1S/C17H25NO3/c1-13(2)12-21-16-6-8-18(9-7-16)11-14-4-3-5-15(10-14)17(19)20/h3-5,10,13,16H,6-9,11-12H2,1-2H3,(H,19,20). The van der Waals surface area contributed by atoms with E-state index in [1.807, 2.05) is 12.1 Å². The molecule has 1 aromatic rings. The lowest BCUT2D eigenvalue weighted by molar-refractivity contribution is -0.00584. The maximum Gasteiger partial charge on any atom is 0.335 e. The van der Waals surface area contributed by atoms with Crippen LogP contribution < -0.4 is 0 Å². The predicted molar refractivity (Wildman–Crippen MR) is 82.5 cm³/mol. The van der Waals surface area contributed by atoms with E-state index in [1.54, 1.807) is 12.1 Å². The number of nitrogens with zero attached hydrogens (tertiary/aromatic N) is 1. The van der Waals surface area contributed by atoms with Crippen LogP contribution in [0.4, 0.5) is 0 Å². The van der Waals surface area contributed by atoms with Crippen molar-refractivity contribution < 1.29 is 14.6 Å². The van der Waals surface area contributed by atoms with Crippen molar-refractivity contribution in [3.8, 4) is 0 Å². The lowest BCUT2D eigenvalue weighted by atomic mass is 10.1. The topological polar surface area (TPSA) is 49.8 Å². The van der Waals surface area contributed by atoms with Gasteiger partial charge >= 0.3 is 5.97 Å². The largest absolute Gasteiger partial charge is 0.478 e. The number of benzene rings is 1. The zero-order valence-electron chi connectivity index (χ0n) is 12.9. The molecule has 1 saturated heterocycles. The molecule has 0 saturated carbocycles. The minimum atomic E-state index is -0.863. The minimum Gasteiger partial charge on any atom is -0.478 e. The maximum absolute atomic E-state index is 11.0. The van der Waals surface area contributed by atoms with Gasteiger partial charge in [0.15, 0.2) is 0 Å². The summed E-state index contributed by atoms with van der Waals surface area (Å²) in [6.45, 7) is 8.03. The van der Waals surface area contributed by atoms with Gasteiger partial charge in [0, 0.05) is 26.2 Å². The molecule has 116 valence electrons. The van der Waals surface area contributed by atoms with Gasteiger partial charge in [0.2, 0.25) is 0 Å². The van der Waals surface area contributed by atoms with Crippen molar-refractivity contribution in [1.82, 2.24) is 4.90 Å². The third-order valence-electron chi connectivity index (χ3n) is 3.78. The highest BCUT2D eigenvalue weighted by Crippen LogP contribution is 2.17. The summed E-state index contributed by atoms with van der Waals surface area (Å²) in [4.78, 5) is 13.4. The van der Waals surface area contributed by atoms with Crippen molar-refractivity contribution in [2.24, 2.45) is 5.92 Å². The fraction of sp³-hybridized carbons (Fsp3) is 0.588. The summed E-state index contributed by atoms with van der Waals surface area (Å²) in [7, 11) is 0. The third-order valence-corrected chi connectivity index (χ3v) is 3.78. The van der Waals surface area contributed by atoms with E-state index in [4.69, 9.17) is 9.84 Å². The van der Waals surface area contributed by atoms with Crippen LogP contribution >= 0.6 is 0 Å². The fourth-order valence-electron chi connectivity index (χ4n) is 2.62. The van der Waals surface area contributed by atoms with Gasteiger partial charge < -0.3 is 9.84 Å². The Hall–Kier alpha value is -1.39. The van der Waals surface area contributed by atoms with Gasteiger partial charge in [-0.25, -0.2) is 4.79 Å². The summed E-state index contributed by atoms with van der Waals surface area (Å²) in [5.74, 6) is -0.278. The summed E-state index contributed by atoms with van der Waals surface area (Å²) >= 11 is 0. The van der Waals surface area contributed by atoms with Gasteiger partial charge in [-0.05, 0) is 36.5 Å². The van der Waals surface area contributed by atoms with Crippen LogP contribution in [0.15, 0.2) is 24.3 Å². The number of piperidine rings is 1. The smallest absolute Gasteiger partial charge is 0.335 e. The zero-order chi connectivity index (χ0) is 15.2. The normalized spacial score (nSPS) is 17.3. The summed E-state index contributed by atoms with van der Waals surface area (Å²) in [6, 6.07) is 7.21. The van der Waals surface area contributed by atoms with Crippen LogP contribution in [0.2, 0.25) is 0 Å². The second kappa shape index (κ2) is 7.57. The molecule has 1 aliphatic rings. The average Bonchev–Trinajstić information content (AvgIpc) is 2.47. The second-order valence-corrected chi connectivity index (χ2v) is 6.21. The molecule has 1 heterocycles. The van der Waals surface area contributed by atoms with E-state index in [0.717, 1.165) is 44.6 Å². The number of hydrogen-bond donors (Lipinski definition) is 1. The molecule has 1 fully saturated rings. The molecule has 1 N–H and O–H groups in total. The van der Waals surface area contributed by atoms with E-state index in [1.165, 1.54) is 0 Å². The van der Waals surface area contributed by atoms with Crippen molar-refractivity contribution in [1.29, 1.82) is 0 Å². The number of carboxylic acids is 1. The molecule has 0 radical (unpaired) electrons. The number of aromatic carboxylic acids is 1. The highest BCUT2D eigenvalue weighted by atomic mass is 16.5. The predicted octanol–water partition coefficient (Wildman–Crippen LogP) is 3.02. The first-order valence-electron chi connectivity index (χ1n) is 7.71. The van der Waals surface area contributed by atoms with Gasteiger partial charge in [-0.2, -0.15) is 0 Å². The van der Waals surface area contributed by atoms with Gasteiger partial charge in [0.1, 0.15) is 0 Å². The van der Waals surface area contributed by atoms with E-state index in [-0.39, 0.29) is 0 Å². The van der Waals surface area contributed by atoms with Gasteiger partial charge in [0.05, 0.1) is 11.7 Å². The molecule has 4 heteroatoms. The summed E-state index contributed by atoms with van der Waals surface area (Å²) < 4.78 is 5.89. The van der Waals surface area contributed by atoms with Crippen molar-refractivity contribution in [2.45, 2.75) is 39.3 Å². The molecular weight excluding hydrogens is 266 g/mol. The molecule has 0 unspecified atom stereocenters. The maximum atomic E-state index is 11.0. The SMILES string of the molecule is CC(C)COC1CCN(Cc2cccc(C(=O)O)c2)CC1. The number of hydrogen-bond acceptors (Lipinski definition) is 3. The highest BCUT2D eigenvalue weighted by Gasteiger charge is 2.20. The number of carbonyl (C=O) groups is 1. The second-order valence-electron chi connectivity index (χ2n) is 6.21. The Kier molecular flexibility index (Phi) is 5.76. The Bertz CT molecular complexity index is 465. The number of ether oxygens (including phenoxy) is 1. The Morgan fingerprint density at radius 3 is 2.71 bits per heavy atom. The fourth-order valence-corrected chi connectivity index (χ4v) is 2.62. The van der Waals surface area contributed by atoms with Crippen LogP contribution in [0, 0.1) is 5.92 Å². The lowest BCUT2D eigenvalue weighted by Crippen LogP contribution is -2.37. The molecule has 0 atom stereocenters. The van der Waals surface area contributed by atoms with E-state index >= 15 is 0 Å². The molecule has 0 spiro atoms. The van der Waals surface area contributed by atoms with Crippen LogP contribution in [-0.4, -0.2) is 41.8 Å². The van der Waals surface area contributed by atoms with Crippen molar-refractivity contribution in [3.63, 3.8) is 0 Å². The van der Waals surface area contributed by atoms with Crippen LogP contribution in [0.1, 0.15) is 42.6 Å². The van der Waals surface area contributed by atoms with Gasteiger partial charge in [-0.15, -0.1) is 0 Å². The number of likely N-dealkylation sites (tertiary alicyclic amines) is 1. The van der Waals surface area contributed by atoms with Crippen molar-refractivity contribution in [2.75, 3.05) is 19.7 Å². The van der Waals surface area contributed by atoms with Gasteiger partial charge in [-0.3, -0.25) is 4.90 Å². The Balaban J connectivity index is 1.80. The molecule has 1 aromatic carbocycles. The highest BCUT2D eigenvalue weighted by molar-refractivity contribution is 5.87. The summed E-state index contributed by atoms with van der Waals surface area (Å²) in [5.41, 5.74) is 1.43. The Morgan fingerprint density at radius 1 is 1.38 bits per heavy atom. The number of carboxylic acid groups (broad SMARTS) is 1. The zero-order valence-corrected chi connectivity index (χ0v) is 12.9. The quantitative estimate of drug-likeness (QED) is 0.875. The van der Waals surface area contributed by atoms with E-state index in [0.29, 0.717) is 17.6 Å². The third kappa shape index (κ3) is 5.14. The first-order chi connectivity index (χ1) is 10.0. The van der Waals surface area contributed by atoms with E-state index in [9.17, 15) is 4.79 Å². The van der Waals surface area contributed by atoms with E-state index in [2.05, 4.69) is 18.7 Å². The van der Waals surface area contributed by atoms with Crippen molar-refractivity contribution in [3.05, 3.63) is 35.4 Å². The molecule has 1 aliphatic heterocycles. The monoisotopic (exact) mass is 291 g/mol.